The van der Waals surface area contributed by atoms with Crippen molar-refractivity contribution < 1.29 is 31.1 Å². The van der Waals surface area contributed by atoms with Crippen molar-refractivity contribution in [3.05, 3.63) is 89.2 Å². The average Bonchev–Trinajstić information content (AvgIpc) is 3.08. The van der Waals surface area contributed by atoms with Gasteiger partial charge in [-0.2, -0.15) is 26.3 Å². The summed E-state index contributed by atoms with van der Waals surface area (Å²) >= 11 is 0. The summed E-state index contributed by atoms with van der Waals surface area (Å²) in [5.74, 6) is 0.222. The Bertz CT molecular complexity index is 1470. The minimum atomic E-state index is -5.02. The minimum Gasteiger partial charge on any atom is -0.341 e. The fourth-order valence-electron chi connectivity index (χ4n) is 7.45. The van der Waals surface area contributed by atoms with Crippen molar-refractivity contribution in [1.82, 2.24) is 24.7 Å². The molecule has 4 heterocycles. The van der Waals surface area contributed by atoms with E-state index in [1.807, 2.05) is 36.4 Å². The van der Waals surface area contributed by atoms with E-state index in [1.165, 1.54) is 4.90 Å². The number of amides is 1. The first kappa shape index (κ1) is 34.2. The van der Waals surface area contributed by atoms with Gasteiger partial charge in [-0.05, 0) is 67.9 Å². The van der Waals surface area contributed by atoms with Crippen molar-refractivity contribution >= 4 is 11.9 Å². The third-order valence-corrected chi connectivity index (χ3v) is 9.97. The second-order valence-electron chi connectivity index (χ2n) is 13.1. The Morgan fingerprint density at radius 3 is 1.98 bits per heavy atom. The number of anilines is 1. The van der Waals surface area contributed by atoms with E-state index in [4.69, 9.17) is 0 Å². The SMILES string of the molecule is O=C(c1cc(C(F)(F)F)cc(C(F)(F)F)c1)N1CCC(CN2CCN(C3CCN(c4ncccn4)CC3)CC2)CC1Cc1ccccc1. The lowest BCUT2D eigenvalue weighted by Gasteiger charge is -2.45. The van der Waals surface area contributed by atoms with E-state index >= 15 is 0 Å². The molecule has 2 aromatic carbocycles. The summed E-state index contributed by atoms with van der Waals surface area (Å²) in [6, 6.07) is 12.6. The number of rotatable bonds is 7. The number of halogens is 6. The van der Waals surface area contributed by atoms with Crippen molar-refractivity contribution in [2.24, 2.45) is 5.92 Å². The molecule has 1 amide bonds. The lowest BCUT2D eigenvalue weighted by atomic mass is 9.86. The Kier molecular flexibility index (Phi) is 10.3. The molecule has 7 nitrogen and oxygen atoms in total. The summed E-state index contributed by atoms with van der Waals surface area (Å²) < 4.78 is 81.5. The Morgan fingerprint density at radius 2 is 1.38 bits per heavy atom. The Balaban J connectivity index is 1.09. The zero-order chi connectivity index (χ0) is 33.9. The molecule has 0 radical (unpaired) electrons. The highest BCUT2D eigenvalue weighted by molar-refractivity contribution is 5.95. The number of likely N-dealkylation sites (tertiary alicyclic amines) is 1. The van der Waals surface area contributed by atoms with Gasteiger partial charge in [0.2, 0.25) is 5.95 Å². The molecule has 3 fully saturated rings. The first-order valence-corrected chi connectivity index (χ1v) is 16.6. The Labute approximate surface area is 276 Å². The zero-order valence-electron chi connectivity index (χ0n) is 26.6. The standard InChI is InChI=1S/C35H40F6N6O/c36-34(37,38)28-21-27(22-29(23-28)35(39,40)41)32(48)47-14-7-26(20-31(47)19-25-5-2-1-3-6-25)24-44-15-17-45(18-16-44)30-8-12-46(13-9-30)33-42-10-4-11-43-33/h1-6,10-11,21-23,26,30-31H,7-9,12-20,24H2. The van der Waals surface area contributed by atoms with Crippen molar-refractivity contribution in [2.45, 2.75) is 56.5 Å². The average molecular weight is 675 g/mol. The molecule has 0 N–H and O–H groups in total. The second kappa shape index (κ2) is 14.4. The lowest BCUT2D eigenvalue weighted by Crippen LogP contribution is -2.55. The molecule has 3 aliphatic heterocycles. The van der Waals surface area contributed by atoms with Gasteiger partial charge in [0.05, 0.1) is 11.1 Å². The number of alkyl halides is 6. The van der Waals surface area contributed by atoms with Crippen LogP contribution in [0, 0.1) is 5.92 Å². The van der Waals surface area contributed by atoms with Gasteiger partial charge in [0.1, 0.15) is 0 Å². The maximum Gasteiger partial charge on any atom is 0.416 e. The van der Waals surface area contributed by atoms with Crippen LogP contribution in [0.3, 0.4) is 0 Å². The third-order valence-electron chi connectivity index (χ3n) is 9.97. The maximum absolute atomic E-state index is 13.7. The summed E-state index contributed by atoms with van der Waals surface area (Å²) in [5, 5.41) is 0. The van der Waals surface area contributed by atoms with Gasteiger partial charge in [0.25, 0.3) is 5.91 Å². The Morgan fingerprint density at radius 1 is 0.750 bits per heavy atom. The molecule has 0 aliphatic carbocycles. The molecular formula is C35H40F6N6O. The van der Waals surface area contributed by atoms with E-state index in [0.717, 1.165) is 70.2 Å². The number of nitrogens with zero attached hydrogens (tertiary/aromatic N) is 6. The van der Waals surface area contributed by atoms with Crippen LogP contribution in [0.1, 0.15) is 52.7 Å². The summed E-state index contributed by atoms with van der Waals surface area (Å²) in [6.07, 6.45) is -2.69. The van der Waals surface area contributed by atoms with Gasteiger partial charge in [-0.15, -0.1) is 0 Å². The molecular weight excluding hydrogens is 634 g/mol. The smallest absolute Gasteiger partial charge is 0.341 e. The van der Waals surface area contributed by atoms with Crippen LogP contribution in [-0.2, 0) is 18.8 Å². The van der Waals surface area contributed by atoms with Gasteiger partial charge in [-0.3, -0.25) is 9.69 Å². The molecule has 3 aliphatic rings. The fraction of sp³-hybridized carbons (Fsp3) is 0.514. The molecule has 258 valence electrons. The molecule has 6 rings (SSSR count). The summed E-state index contributed by atoms with van der Waals surface area (Å²) in [6.45, 7) is 6.74. The number of carbonyl (C=O) groups is 1. The van der Waals surface area contributed by atoms with E-state index in [0.29, 0.717) is 37.4 Å². The number of carbonyl (C=O) groups excluding carboxylic acids is 1. The Hall–Kier alpha value is -3.71. The van der Waals surface area contributed by atoms with Gasteiger partial charge >= 0.3 is 12.4 Å². The third kappa shape index (κ3) is 8.28. The topological polar surface area (TPSA) is 55.8 Å². The number of hydrogen-bond acceptors (Lipinski definition) is 6. The summed E-state index contributed by atoms with van der Waals surface area (Å²) in [5.41, 5.74) is -2.60. The molecule has 0 spiro atoms. The number of benzene rings is 2. The van der Waals surface area contributed by atoms with Crippen molar-refractivity contribution in [1.29, 1.82) is 0 Å². The van der Waals surface area contributed by atoms with Crippen molar-refractivity contribution in [3.63, 3.8) is 0 Å². The van der Waals surface area contributed by atoms with Gasteiger partial charge in [-0.25, -0.2) is 9.97 Å². The monoisotopic (exact) mass is 674 g/mol. The van der Waals surface area contributed by atoms with Crippen molar-refractivity contribution in [3.8, 4) is 0 Å². The zero-order valence-corrected chi connectivity index (χ0v) is 26.6. The van der Waals surface area contributed by atoms with Crippen LogP contribution < -0.4 is 4.90 Å². The van der Waals surface area contributed by atoms with E-state index in [9.17, 15) is 31.1 Å². The number of hydrogen-bond donors (Lipinski definition) is 0. The predicted octanol–water partition coefficient (Wildman–Crippen LogP) is 6.26. The number of piperazine rings is 1. The molecule has 3 saturated heterocycles. The first-order chi connectivity index (χ1) is 22.9. The van der Waals surface area contributed by atoms with Crippen LogP contribution in [0.15, 0.2) is 67.0 Å². The highest BCUT2D eigenvalue weighted by Crippen LogP contribution is 2.37. The molecule has 13 heteroatoms. The molecule has 0 saturated carbocycles. The van der Waals surface area contributed by atoms with Crippen LogP contribution in [0.2, 0.25) is 0 Å². The normalized spacial score (nSPS) is 22.2. The van der Waals surface area contributed by atoms with E-state index < -0.39 is 35.0 Å². The van der Waals surface area contributed by atoms with Gasteiger partial charge in [-0.1, -0.05) is 30.3 Å². The molecule has 3 aromatic rings. The minimum absolute atomic E-state index is 0.0623. The van der Waals surface area contributed by atoms with Gasteiger partial charge in [0, 0.05) is 82.4 Å². The van der Waals surface area contributed by atoms with E-state index in [2.05, 4.69) is 24.7 Å². The maximum atomic E-state index is 13.7. The first-order valence-electron chi connectivity index (χ1n) is 16.6. The fourth-order valence-corrected chi connectivity index (χ4v) is 7.45. The molecule has 0 bridgehead atoms. The van der Waals surface area contributed by atoms with Gasteiger partial charge < -0.3 is 14.7 Å². The van der Waals surface area contributed by atoms with Crippen LogP contribution in [0.4, 0.5) is 32.3 Å². The van der Waals surface area contributed by atoms with E-state index in [-0.39, 0.29) is 24.6 Å². The second-order valence-corrected chi connectivity index (χ2v) is 13.1. The highest BCUT2D eigenvalue weighted by Gasteiger charge is 2.40. The summed E-state index contributed by atoms with van der Waals surface area (Å²) in [4.78, 5) is 31.2. The van der Waals surface area contributed by atoms with Crippen LogP contribution >= 0.6 is 0 Å². The molecule has 2 atom stereocenters. The van der Waals surface area contributed by atoms with Gasteiger partial charge in [0.15, 0.2) is 0 Å². The molecule has 48 heavy (non-hydrogen) atoms. The summed E-state index contributed by atoms with van der Waals surface area (Å²) in [7, 11) is 0. The predicted molar refractivity (Wildman–Crippen MR) is 169 cm³/mol. The highest BCUT2D eigenvalue weighted by atomic mass is 19.4. The molecule has 2 unspecified atom stereocenters. The number of piperidine rings is 2. The van der Waals surface area contributed by atoms with Crippen LogP contribution in [0.5, 0.6) is 0 Å². The largest absolute Gasteiger partial charge is 0.416 e. The lowest BCUT2D eigenvalue weighted by molar-refractivity contribution is -0.143. The van der Waals surface area contributed by atoms with E-state index in [1.54, 1.807) is 12.4 Å². The number of aromatic nitrogens is 2. The quantitative estimate of drug-likeness (QED) is 0.276. The van der Waals surface area contributed by atoms with Crippen LogP contribution in [-0.4, -0.2) is 95.0 Å². The van der Waals surface area contributed by atoms with Crippen molar-refractivity contribution in [2.75, 3.05) is 57.3 Å². The molecule has 1 aromatic heterocycles. The van der Waals surface area contributed by atoms with Crippen LogP contribution in [0.25, 0.3) is 0 Å².